The van der Waals surface area contributed by atoms with Crippen LogP contribution in [-0.4, -0.2) is 63.4 Å². The number of imide groups is 1. The van der Waals surface area contributed by atoms with Crippen LogP contribution in [-0.2, 0) is 25.7 Å². The maximum atomic E-state index is 14.0. The molecule has 3 aliphatic heterocycles. The first-order valence-corrected chi connectivity index (χ1v) is 13.1. The van der Waals surface area contributed by atoms with E-state index in [1.807, 2.05) is 62.1 Å². The summed E-state index contributed by atoms with van der Waals surface area (Å²) in [5, 5.41) is 10.7. The second kappa shape index (κ2) is 11.0. The molecule has 0 radical (unpaired) electrons. The molecule has 3 aliphatic rings. The van der Waals surface area contributed by atoms with Gasteiger partial charge in [0.15, 0.2) is 0 Å². The van der Waals surface area contributed by atoms with Crippen molar-refractivity contribution in [1.82, 2.24) is 15.1 Å². The highest BCUT2D eigenvalue weighted by molar-refractivity contribution is 6.10. The van der Waals surface area contributed by atoms with Gasteiger partial charge in [-0.3, -0.25) is 24.6 Å². The zero-order valence-electron chi connectivity index (χ0n) is 22.5. The Morgan fingerprint density at radius 2 is 1.55 bits per heavy atom. The molecule has 3 heterocycles. The van der Waals surface area contributed by atoms with E-state index in [1.54, 1.807) is 0 Å². The summed E-state index contributed by atoms with van der Waals surface area (Å²) in [7, 11) is 0. The lowest BCUT2D eigenvalue weighted by atomic mass is 9.74. The van der Waals surface area contributed by atoms with Gasteiger partial charge in [-0.1, -0.05) is 59.7 Å². The van der Waals surface area contributed by atoms with E-state index in [-0.39, 0.29) is 23.8 Å². The molecule has 8 nitrogen and oxygen atoms in total. The Labute approximate surface area is 230 Å². The zero-order chi connectivity index (χ0) is 29.4. The zero-order valence-corrected chi connectivity index (χ0v) is 22.5. The molecule has 214 valence electrons. The first kappa shape index (κ1) is 29.3. The number of amides is 3. The molecule has 5 rings (SSSR count). The first-order valence-electron chi connectivity index (χ1n) is 13.1. The summed E-state index contributed by atoms with van der Waals surface area (Å²) in [5.41, 5.74) is 3.29. The van der Waals surface area contributed by atoms with E-state index in [1.165, 1.54) is 10.5 Å². The van der Waals surface area contributed by atoms with Gasteiger partial charge in [0.1, 0.15) is 5.54 Å². The monoisotopic (exact) mass is 559 g/mol. The third-order valence-corrected chi connectivity index (χ3v) is 7.90. The smallest absolute Gasteiger partial charge is 0.475 e. The third-order valence-electron chi connectivity index (χ3n) is 7.90. The number of hydrogen-bond acceptors (Lipinski definition) is 5. The molecule has 4 atom stereocenters. The Hall–Kier alpha value is -3.73. The summed E-state index contributed by atoms with van der Waals surface area (Å²) in [6, 6.07) is 15.9. The third kappa shape index (κ3) is 5.34. The van der Waals surface area contributed by atoms with E-state index in [9.17, 15) is 27.6 Å². The number of aryl methyl sites for hydroxylation is 2. The lowest BCUT2D eigenvalue weighted by Gasteiger charge is -2.42. The Morgan fingerprint density at radius 3 is 2.08 bits per heavy atom. The topological polar surface area (TPSA) is 107 Å². The summed E-state index contributed by atoms with van der Waals surface area (Å²) in [5.74, 6) is -4.40. The minimum Gasteiger partial charge on any atom is -0.475 e. The second-order valence-electron chi connectivity index (χ2n) is 10.5. The van der Waals surface area contributed by atoms with Gasteiger partial charge in [0, 0.05) is 25.7 Å². The van der Waals surface area contributed by atoms with Crippen LogP contribution in [0.15, 0.2) is 48.5 Å². The van der Waals surface area contributed by atoms with Crippen LogP contribution in [0.2, 0.25) is 0 Å². The van der Waals surface area contributed by atoms with Crippen molar-refractivity contribution >= 4 is 23.7 Å². The van der Waals surface area contributed by atoms with Gasteiger partial charge < -0.3 is 10.0 Å². The Morgan fingerprint density at radius 1 is 1.00 bits per heavy atom. The average molecular weight is 560 g/mol. The fourth-order valence-electron chi connectivity index (χ4n) is 5.96. The fourth-order valence-corrected chi connectivity index (χ4v) is 5.96. The van der Waals surface area contributed by atoms with Gasteiger partial charge in [0.05, 0.1) is 11.8 Å². The molecule has 40 heavy (non-hydrogen) atoms. The number of hydrogen-bond donors (Lipinski definition) is 2. The molecule has 3 saturated heterocycles. The molecule has 0 aromatic heterocycles. The van der Waals surface area contributed by atoms with Crippen LogP contribution in [0.1, 0.15) is 48.1 Å². The highest BCUT2D eigenvalue weighted by Gasteiger charge is 2.68. The van der Waals surface area contributed by atoms with Gasteiger partial charge >= 0.3 is 12.1 Å². The van der Waals surface area contributed by atoms with Crippen LogP contribution in [0.4, 0.5) is 13.2 Å². The molecule has 11 heteroatoms. The summed E-state index contributed by atoms with van der Waals surface area (Å²) in [4.78, 5) is 53.0. The summed E-state index contributed by atoms with van der Waals surface area (Å²) in [6.07, 6.45) is -3.72. The van der Waals surface area contributed by atoms with E-state index in [0.29, 0.717) is 26.1 Å². The van der Waals surface area contributed by atoms with Gasteiger partial charge in [-0.25, -0.2) is 4.79 Å². The minimum atomic E-state index is -5.08. The maximum absolute atomic E-state index is 14.0. The van der Waals surface area contributed by atoms with E-state index >= 15 is 0 Å². The van der Waals surface area contributed by atoms with Crippen LogP contribution in [0.5, 0.6) is 0 Å². The second-order valence-corrected chi connectivity index (χ2v) is 10.5. The number of aliphatic carboxylic acids is 1. The molecule has 2 aromatic rings. The highest BCUT2D eigenvalue weighted by atomic mass is 19.4. The molecule has 2 aromatic carbocycles. The number of carboxylic acid groups (broad SMARTS) is 1. The number of carbonyl (C=O) groups excluding carboxylic acids is 3. The van der Waals surface area contributed by atoms with Crippen molar-refractivity contribution in [2.45, 2.75) is 57.9 Å². The van der Waals surface area contributed by atoms with Crippen LogP contribution in [0, 0.1) is 25.7 Å². The number of rotatable bonds is 4. The highest BCUT2D eigenvalue weighted by Crippen LogP contribution is 2.52. The van der Waals surface area contributed by atoms with Gasteiger partial charge in [0.25, 0.3) is 0 Å². The lowest BCUT2D eigenvalue weighted by Crippen LogP contribution is -2.63. The number of halogens is 3. The number of piperidine rings is 1. The number of benzene rings is 2. The molecule has 0 bridgehead atoms. The molecule has 3 amide bonds. The Kier molecular flexibility index (Phi) is 8.07. The molecular formula is C29H32F3N3O5. The number of likely N-dealkylation sites (tertiary alicyclic amines) is 2. The molecule has 0 saturated carbocycles. The van der Waals surface area contributed by atoms with Gasteiger partial charge in [0.2, 0.25) is 17.7 Å². The average Bonchev–Trinajstić information content (AvgIpc) is 3.37. The Bertz CT molecular complexity index is 1300. The SMILES string of the molecule is CCN1C(=O)[C@H]2[C@@H](c3ccc(C)cc3)N[C@]3(CCCN(Cc4ccc(C)cc4)C3=O)[C@H]2C1=O.O=C(O)C(F)(F)F. The quantitative estimate of drug-likeness (QED) is 0.553. The van der Waals surface area contributed by atoms with E-state index < -0.39 is 29.5 Å². The molecule has 1 spiro atoms. The van der Waals surface area contributed by atoms with Crippen LogP contribution >= 0.6 is 0 Å². The van der Waals surface area contributed by atoms with Crippen molar-refractivity contribution in [3.63, 3.8) is 0 Å². The molecule has 3 fully saturated rings. The van der Waals surface area contributed by atoms with Crippen molar-refractivity contribution < 1.29 is 37.5 Å². The number of fused-ring (bicyclic) bond motifs is 2. The summed E-state index contributed by atoms with van der Waals surface area (Å²) < 4.78 is 31.7. The van der Waals surface area contributed by atoms with Crippen molar-refractivity contribution in [2.75, 3.05) is 13.1 Å². The molecule has 0 aliphatic carbocycles. The maximum Gasteiger partial charge on any atom is 0.490 e. The summed E-state index contributed by atoms with van der Waals surface area (Å²) in [6.45, 7) is 7.39. The molecular weight excluding hydrogens is 527 g/mol. The number of nitrogens with zero attached hydrogens (tertiary/aromatic N) is 2. The first-order chi connectivity index (χ1) is 18.8. The minimum absolute atomic E-state index is 0.0574. The molecule has 2 N–H and O–H groups in total. The van der Waals surface area contributed by atoms with Crippen LogP contribution in [0.3, 0.4) is 0 Å². The Balaban J connectivity index is 0.000000470. The fraction of sp³-hybridized carbons (Fsp3) is 0.448. The van der Waals surface area contributed by atoms with E-state index in [0.717, 1.165) is 23.1 Å². The predicted molar refractivity (Wildman–Crippen MR) is 139 cm³/mol. The van der Waals surface area contributed by atoms with E-state index in [2.05, 4.69) is 17.4 Å². The number of carboxylic acids is 1. The van der Waals surface area contributed by atoms with Crippen molar-refractivity contribution in [2.24, 2.45) is 11.8 Å². The number of carbonyl (C=O) groups is 4. The van der Waals surface area contributed by atoms with Gasteiger partial charge in [-0.05, 0) is 44.7 Å². The van der Waals surface area contributed by atoms with Gasteiger partial charge in [-0.15, -0.1) is 0 Å². The number of alkyl halides is 3. The summed E-state index contributed by atoms with van der Waals surface area (Å²) >= 11 is 0. The van der Waals surface area contributed by atoms with Crippen LogP contribution < -0.4 is 5.32 Å². The normalized spacial score (nSPS) is 26.1. The van der Waals surface area contributed by atoms with Crippen molar-refractivity contribution in [3.8, 4) is 0 Å². The standard InChI is InChI=1S/C27H31N3O3.C2HF3O2/c1-4-30-24(31)21-22(25(30)32)27(28-23(21)20-12-8-18(3)9-13-20)14-5-15-29(26(27)33)16-19-10-6-17(2)7-11-19;3-2(4,5)1(6)7/h6-13,21-23,28H,4-5,14-16H2,1-3H3;(H,6,7)/t21-,22-,23-,27-;/m1./s1. The number of nitrogens with one attached hydrogen (secondary N) is 1. The van der Waals surface area contributed by atoms with Crippen LogP contribution in [0.25, 0.3) is 0 Å². The van der Waals surface area contributed by atoms with E-state index in [4.69, 9.17) is 9.90 Å². The lowest BCUT2D eigenvalue weighted by molar-refractivity contribution is -0.192. The van der Waals surface area contributed by atoms with Crippen molar-refractivity contribution in [1.29, 1.82) is 0 Å². The largest absolute Gasteiger partial charge is 0.490 e. The van der Waals surface area contributed by atoms with Gasteiger partial charge in [-0.2, -0.15) is 13.2 Å². The van der Waals surface area contributed by atoms with Crippen molar-refractivity contribution in [3.05, 3.63) is 70.8 Å². The molecule has 0 unspecified atom stereocenters. The predicted octanol–water partition coefficient (Wildman–Crippen LogP) is 3.76.